The summed E-state index contributed by atoms with van der Waals surface area (Å²) >= 11 is 0. The zero-order valence-corrected chi connectivity index (χ0v) is 26.5. The molecule has 3 fully saturated rings. The molecule has 1 saturated carbocycles. The maximum Gasteiger partial charge on any atom is 0.318 e. The van der Waals surface area contributed by atoms with E-state index in [-0.39, 0.29) is 18.4 Å². The van der Waals surface area contributed by atoms with Gasteiger partial charge in [0.2, 0.25) is 5.91 Å². The van der Waals surface area contributed by atoms with E-state index in [4.69, 9.17) is 24.6 Å². The van der Waals surface area contributed by atoms with Crippen LogP contribution in [0.3, 0.4) is 0 Å². The average Bonchev–Trinajstić information content (AvgIpc) is 3.80. The number of likely N-dealkylation sites (N-methyl/N-ethyl adjacent to an activating group) is 1. The summed E-state index contributed by atoms with van der Waals surface area (Å²) in [4.78, 5) is 38.0. The van der Waals surface area contributed by atoms with Gasteiger partial charge in [0.05, 0.1) is 24.2 Å². The van der Waals surface area contributed by atoms with Crippen LogP contribution in [-0.4, -0.2) is 89.2 Å². The zero-order chi connectivity index (χ0) is 32.0. The number of hydrogen-bond acceptors (Lipinski definition) is 8. The normalized spacial score (nSPS) is 22.3. The van der Waals surface area contributed by atoms with Gasteiger partial charge in [0.15, 0.2) is 0 Å². The van der Waals surface area contributed by atoms with Crippen LogP contribution in [0, 0.1) is 11.3 Å². The van der Waals surface area contributed by atoms with Gasteiger partial charge in [-0.15, -0.1) is 0 Å². The second kappa shape index (κ2) is 14.3. The van der Waals surface area contributed by atoms with Gasteiger partial charge >= 0.3 is 6.01 Å². The number of amides is 1. The Morgan fingerprint density at radius 1 is 1.07 bits per heavy atom. The largest absolute Gasteiger partial charge is 0.483 e. The Hall–Kier alpha value is -4.49. The first kappa shape index (κ1) is 31.5. The van der Waals surface area contributed by atoms with Crippen LogP contribution in [0.1, 0.15) is 61.3 Å². The number of piperazine rings is 1. The van der Waals surface area contributed by atoms with Crippen LogP contribution >= 0.6 is 0 Å². The van der Waals surface area contributed by atoms with Crippen molar-refractivity contribution in [1.82, 2.24) is 19.8 Å². The van der Waals surface area contributed by atoms with E-state index in [0.717, 1.165) is 56.6 Å². The molecule has 1 aromatic heterocycles. The van der Waals surface area contributed by atoms with Crippen molar-refractivity contribution in [1.29, 1.82) is 5.26 Å². The van der Waals surface area contributed by atoms with Crippen molar-refractivity contribution in [2.75, 3.05) is 44.7 Å². The number of aromatic nitrogens is 2. The van der Waals surface area contributed by atoms with Gasteiger partial charge in [0, 0.05) is 37.3 Å². The van der Waals surface area contributed by atoms with E-state index in [2.05, 4.69) is 65.4 Å². The molecule has 3 atom stereocenters. The molecule has 10 heteroatoms. The SMILES string of the molecule is CN1CCCC1COc1nc2c(c(N3CCN(C(=O)C=C4CC4)C(CC#N)C3)n1)CCC(c1cccc3ccccc13)C2.O=CO. The van der Waals surface area contributed by atoms with Crippen molar-refractivity contribution in [3.63, 3.8) is 0 Å². The number of carboxylic acid groups (broad SMARTS) is 1. The molecule has 240 valence electrons. The highest BCUT2D eigenvalue weighted by atomic mass is 16.5. The fourth-order valence-electron chi connectivity index (χ4n) is 7.22. The summed E-state index contributed by atoms with van der Waals surface area (Å²) in [5, 5.41) is 19.1. The monoisotopic (exact) mass is 622 g/mol. The molecule has 2 aromatic carbocycles. The van der Waals surface area contributed by atoms with Crippen molar-refractivity contribution in [3.8, 4) is 12.1 Å². The summed E-state index contributed by atoms with van der Waals surface area (Å²) < 4.78 is 6.34. The summed E-state index contributed by atoms with van der Waals surface area (Å²) in [5.74, 6) is 1.33. The van der Waals surface area contributed by atoms with Crippen LogP contribution in [0.15, 0.2) is 54.1 Å². The van der Waals surface area contributed by atoms with Crippen LogP contribution in [0.4, 0.5) is 5.82 Å². The molecule has 3 aromatic rings. The third kappa shape index (κ3) is 7.00. The predicted octanol–water partition coefficient (Wildman–Crippen LogP) is 4.73. The van der Waals surface area contributed by atoms with Crippen LogP contribution < -0.4 is 9.64 Å². The number of likely N-dealkylation sites (tertiary alicyclic amines) is 1. The first-order valence-electron chi connectivity index (χ1n) is 16.4. The number of carbonyl (C=O) groups excluding carboxylic acids is 1. The molecule has 0 spiro atoms. The number of rotatable bonds is 7. The maximum absolute atomic E-state index is 13.0. The molecule has 3 heterocycles. The molecule has 10 nitrogen and oxygen atoms in total. The molecule has 2 aliphatic heterocycles. The summed E-state index contributed by atoms with van der Waals surface area (Å²) in [6, 6.07) is 18.2. The molecule has 0 radical (unpaired) electrons. The number of ether oxygens (including phenoxy) is 1. The molecule has 4 aliphatic rings. The van der Waals surface area contributed by atoms with E-state index in [1.165, 1.54) is 33.9 Å². The van der Waals surface area contributed by atoms with Gasteiger partial charge in [0.25, 0.3) is 6.47 Å². The molecule has 1 amide bonds. The molecular formula is C36H42N6O4. The average molecular weight is 623 g/mol. The lowest BCUT2D eigenvalue weighted by molar-refractivity contribution is -0.128. The minimum absolute atomic E-state index is 0.0414. The molecule has 2 aliphatic carbocycles. The number of nitriles is 1. The quantitative estimate of drug-likeness (QED) is 0.294. The van der Waals surface area contributed by atoms with E-state index in [9.17, 15) is 10.1 Å². The Morgan fingerprint density at radius 2 is 1.87 bits per heavy atom. The van der Waals surface area contributed by atoms with Crippen molar-refractivity contribution in [3.05, 3.63) is 70.9 Å². The highest BCUT2D eigenvalue weighted by Gasteiger charge is 2.35. The minimum Gasteiger partial charge on any atom is -0.483 e. The first-order valence-corrected chi connectivity index (χ1v) is 16.4. The van der Waals surface area contributed by atoms with E-state index >= 15 is 0 Å². The van der Waals surface area contributed by atoms with Gasteiger partial charge in [-0.2, -0.15) is 15.2 Å². The lowest BCUT2D eigenvalue weighted by Crippen LogP contribution is -2.55. The third-order valence-corrected chi connectivity index (χ3v) is 9.83. The summed E-state index contributed by atoms with van der Waals surface area (Å²) in [7, 11) is 2.16. The Kier molecular flexibility index (Phi) is 9.79. The van der Waals surface area contributed by atoms with Gasteiger partial charge in [-0.25, -0.2) is 0 Å². The maximum atomic E-state index is 13.0. The Morgan fingerprint density at radius 3 is 2.63 bits per heavy atom. The molecule has 0 bridgehead atoms. The number of anilines is 1. The van der Waals surface area contributed by atoms with Crippen molar-refractivity contribution >= 4 is 29.0 Å². The van der Waals surface area contributed by atoms with E-state index in [1.807, 2.05) is 4.90 Å². The Labute approximate surface area is 270 Å². The predicted molar refractivity (Wildman–Crippen MR) is 176 cm³/mol. The lowest BCUT2D eigenvalue weighted by atomic mass is 9.80. The molecule has 7 rings (SSSR count). The van der Waals surface area contributed by atoms with Gasteiger partial charge in [-0.1, -0.05) is 48.0 Å². The van der Waals surface area contributed by atoms with E-state index < -0.39 is 0 Å². The smallest absolute Gasteiger partial charge is 0.318 e. The molecular weight excluding hydrogens is 580 g/mol. The van der Waals surface area contributed by atoms with Crippen LogP contribution in [0.5, 0.6) is 6.01 Å². The fraction of sp³-hybridized carbons (Fsp3) is 0.472. The topological polar surface area (TPSA) is 123 Å². The number of carbonyl (C=O) groups is 2. The van der Waals surface area contributed by atoms with Crippen molar-refractivity contribution in [2.24, 2.45) is 0 Å². The number of allylic oxidation sites excluding steroid dienone is 1. The van der Waals surface area contributed by atoms with Gasteiger partial charge in [0.1, 0.15) is 12.4 Å². The summed E-state index contributed by atoms with van der Waals surface area (Å²) in [5.41, 5.74) is 4.85. The zero-order valence-electron chi connectivity index (χ0n) is 26.5. The van der Waals surface area contributed by atoms with Gasteiger partial charge < -0.3 is 24.5 Å². The molecule has 1 N–H and O–H groups in total. The van der Waals surface area contributed by atoms with E-state index in [1.54, 1.807) is 6.08 Å². The number of benzene rings is 2. The third-order valence-electron chi connectivity index (χ3n) is 9.83. The van der Waals surface area contributed by atoms with Gasteiger partial charge in [-0.05, 0) is 80.8 Å². The second-order valence-corrected chi connectivity index (χ2v) is 12.8. The summed E-state index contributed by atoms with van der Waals surface area (Å²) in [6.07, 6.45) is 9.18. The number of hydrogen-bond donors (Lipinski definition) is 1. The Bertz CT molecular complexity index is 1640. The minimum atomic E-state index is -0.250. The first-order chi connectivity index (χ1) is 22.5. The number of nitrogens with zero attached hydrogens (tertiary/aromatic N) is 6. The highest BCUT2D eigenvalue weighted by molar-refractivity contribution is 5.89. The number of fused-ring (bicyclic) bond motifs is 2. The molecule has 3 unspecified atom stereocenters. The Balaban J connectivity index is 0.00000119. The summed E-state index contributed by atoms with van der Waals surface area (Å²) in [6.45, 7) is 3.27. The van der Waals surface area contributed by atoms with E-state index in [0.29, 0.717) is 50.6 Å². The van der Waals surface area contributed by atoms with Crippen LogP contribution in [0.2, 0.25) is 0 Å². The molecule has 46 heavy (non-hydrogen) atoms. The van der Waals surface area contributed by atoms with Crippen molar-refractivity contribution in [2.45, 2.75) is 69.4 Å². The fourth-order valence-corrected chi connectivity index (χ4v) is 7.22. The standard InChI is InChI=1S/C35H40N6O2.CH2O2/c1-39-17-5-8-28(39)23-43-35-37-32-21-26(30-10-4-7-25-6-2-3-9-29(25)30)13-14-31(32)34(38-35)40-18-19-41(27(22-40)15-16-36)33(42)20-24-11-12-24;2-1-3/h2-4,6-7,9-10,20,26-28H,5,8,11-15,17-19,21-23H2,1H3;1H,(H,2,3). The van der Waals surface area contributed by atoms with Crippen molar-refractivity contribution < 1.29 is 19.4 Å². The van der Waals surface area contributed by atoms with Crippen LogP contribution in [0.25, 0.3) is 10.8 Å². The highest BCUT2D eigenvalue weighted by Crippen LogP contribution is 2.39. The lowest BCUT2D eigenvalue weighted by Gasteiger charge is -2.42. The molecule has 2 saturated heterocycles. The van der Waals surface area contributed by atoms with Gasteiger partial charge in [-0.3, -0.25) is 9.59 Å². The second-order valence-electron chi connectivity index (χ2n) is 12.8. The van der Waals surface area contributed by atoms with Crippen LogP contribution in [-0.2, 0) is 22.4 Å².